The van der Waals surface area contributed by atoms with Crippen LogP contribution in [0, 0.1) is 5.92 Å². The Morgan fingerprint density at radius 2 is 2.32 bits per heavy atom. The van der Waals surface area contributed by atoms with Gasteiger partial charge < -0.3 is 9.64 Å². The van der Waals surface area contributed by atoms with Gasteiger partial charge in [0.1, 0.15) is 6.61 Å². The first-order chi connectivity index (χ1) is 9.22. The number of carbonyl (C=O) groups is 1. The van der Waals surface area contributed by atoms with E-state index in [-0.39, 0.29) is 18.6 Å². The lowest BCUT2D eigenvalue weighted by molar-refractivity contribution is -0.152. The summed E-state index contributed by atoms with van der Waals surface area (Å²) in [6.45, 7) is 6.96. The number of morpholine rings is 1. The Morgan fingerprint density at radius 1 is 1.42 bits per heavy atom. The van der Waals surface area contributed by atoms with E-state index in [0.29, 0.717) is 12.5 Å². The lowest BCUT2D eigenvalue weighted by atomic mass is 9.98. The Bertz CT molecular complexity index is 416. The average Bonchev–Trinajstić information content (AvgIpc) is 2.42. The van der Waals surface area contributed by atoms with Gasteiger partial charge in [0, 0.05) is 26.2 Å². The summed E-state index contributed by atoms with van der Waals surface area (Å²) in [7, 11) is 0. The van der Waals surface area contributed by atoms with Crippen LogP contribution < -0.4 is 0 Å². The second kappa shape index (κ2) is 5.47. The number of piperazine rings is 1. The molecule has 1 aliphatic carbocycles. The predicted octanol–water partition coefficient (Wildman–Crippen LogP) is 1.05. The molecule has 2 atom stereocenters. The quantitative estimate of drug-likeness (QED) is 0.746. The van der Waals surface area contributed by atoms with Crippen LogP contribution in [0.5, 0.6) is 0 Å². The molecule has 19 heavy (non-hydrogen) atoms. The molecule has 3 rings (SSSR count). The van der Waals surface area contributed by atoms with Crippen molar-refractivity contribution in [1.82, 2.24) is 9.80 Å². The van der Waals surface area contributed by atoms with Crippen molar-refractivity contribution < 1.29 is 9.53 Å². The molecule has 0 saturated carbocycles. The van der Waals surface area contributed by atoms with Crippen LogP contribution in [-0.2, 0) is 9.53 Å². The van der Waals surface area contributed by atoms with E-state index in [1.54, 1.807) is 0 Å². The topological polar surface area (TPSA) is 32.8 Å². The van der Waals surface area contributed by atoms with Gasteiger partial charge >= 0.3 is 0 Å². The highest BCUT2D eigenvalue weighted by atomic mass is 16.5. The molecule has 4 nitrogen and oxygen atoms in total. The molecule has 2 fully saturated rings. The maximum atomic E-state index is 11.7. The number of nitrogens with zero attached hydrogens (tertiary/aromatic N) is 2. The number of hydrogen-bond acceptors (Lipinski definition) is 3. The molecule has 0 N–H and O–H groups in total. The lowest BCUT2D eigenvalue weighted by Gasteiger charge is -2.43. The van der Waals surface area contributed by atoms with Crippen LogP contribution in [0.3, 0.4) is 0 Å². The molecule has 2 heterocycles. The second-order valence-corrected chi connectivity index (χ2v) is 5.84. The standard InChI is InChI=1S/C15H22N2O2/c1-12-2-4-13(5-3-12)8-16-6-7-17-14(9-16)10-19-11-15(17)18/h2,4-5,12,14H,3,6-11H2,1H3. The molecule has 0 aromatic heterocycles. The van der Waals surface area contributed by atoms with E-state index in [2.05, 4.69) is 30.1 Å². The molecule has 1 amide bonds. The summed E-state index contributed by atoms with van der Waals surface area (Å²) in [5.41, 5.74) is 1.41. The SMILES string of the molecule is CC1C=CC(CN2CCN3C(=O)COCC3C2)=CC1. The highest BCUT2D eigenvalue weighted by Crippen LogP contribution is 2.19. The maximum Gasteiger partial charge on any atom is 0.248 e. The fourth-order valence-corrected chi connectivity index (χ4v) is 3.05. The van der Waals surface area contributed by atoms with Gasteiger partial charge in [-0.2, -0.15) is 0 Å². The van der Waals surface area contributed by atoms with Gasteiger partial charge in [-0.1, -0.05) is 25.2 Å². The van der Waals surface area contributed by atoms with E-state index in [1.165, 1.54) is 5.57 Å². The van der Waals surface area contributed by atoms with Crippen molar-refractivity contribution in [2.24, 2.45) is 5.92 Å². The zero-order chi connectivity index (χ0) is 13.2. The van der Waals surface area contributed by atoms with Crippen LogP contribution in [0.4, 0.5) is 0 Å². The Balaban J connectivity index is 1.57. The Hall–Kier alpha value is -1.13. The van der Waals surface area contributed by atoms with Crippen molar-refractivity contribution in [2.75, 3.05) is 39.4 Å². The Kier molecular flexibility index (Phi) is 3.71. The lowest BCUT2D eigenvalue weighted by Crippen LogP contribution is -2.60. The van der Waals surface area contributed by atoms with Crippen LogP contribution in [0.1, 0.15) is 13.3 Å². The first-order valence-electron chi connectivity index (χ1n) is 7.19. The molecular weight excluding hydrogens is 240 g/mol. The van der Waals surface area contributed by atoms with Crippen molar-refractivity contribution in [2.45, 2.75) is 19.4 Å². The minimum Gasteiger partial charge on any atom is -0.369 e. The molecular formula is C15H22N2O2. The van der Waals surface area contributed by atoms with Crippen LogP contribution >= 0.6 is 0 Å². The zero-order valence-electron chi connectivity index (χ0n) is 11.5. The fourth-order valence-electron chi connectivity index (χ4n) is 3.05. The van der Waals surface area contributed by atoms with E-state index in [0.717, 1.165) is 32.6 Å². The first-order valence-corrected chi connectivity index (χ1v) is 7.19. The highest BCUT2D eigenvalue weighted by Gasteiger charge is 2.33. The fraction of sp³-hybridized carbons (Fsp3) is 0.667. The number of hydrogen-bond donors (Lipinski definition) is 0. The predicted molar refractivity (Wildman–Crippen MR) is 73.8 cm³/mol. The molecule has 0 bridgehead atoms. The molecule has 0 radical (unpaired) electrons. The minimum atomic E-state index is 0.154. The summed E-state index contributed by atoms with van der Waals surface area (Å²) in [6, 6.07) is 0.252. The summed E-state index contributed by atoms with van der Waals surface area (Å²) in [4.78, 5) is 16.2. The van der Waals surface area contributed by atoms with Crippen LogP contribution in [0.25, 0.3) is 0 Å². The van der Waals surface area contributed by atoms with Crippen LogP contribution in [-0.4, -0.2) is 61.1 Å². The molecule has 0 aromatic carbocycles. The van der Waals surface area contributed by atoms with Crippen molar-refractivity contribution in [3.8, 4) is 0 Å². The number of rotatable bonds is 2. The summed E-state index contributed by atoms with van der Waals surface area (Å²) in [6.07, 6.45) is 8.04. The largest absolute Gasteiger partial charge is 0.369 e. The van der Waals surface area contributed by atoms with Gasteiger partial charge in [-0.3, -0.25) is 9.69 Å². The summed E-state index contributed by atoms with van der Waals surface area (Å²) >= 11 is 0. The summed E-state index contributed by atoms with van der Waals surface area (Å²) in [5.74, 6) is 0.825. The summed E-state index contributed by atoms with van der Waals surface area (Å²) in [5, 5.41) is 0. The molecule has 0 spiro atoms. The molecule has 2 saturated heterocycles. The second-order valence-electron chi connectivity index (χ2n) is 5.84. The molecule has 4 heteroatoms. The summed E-state index contributed by atoms with van der Waals surface area (Å²) < 4.78 is 5.36. The van der Waals surface area contributed by atoms with E-state index in [9.17, 15) is 4.79 Å². The normalized spacial score (nSPS) is 32.2. The molecule has 2 unspecified atom stereocenters. The molecule has 0 aromatic rings. The maximum absolute atomic E-state index is 11.7. The van der Waals surface area contributed by atoms with Gasteiger partial charge in [0.2, 0.25) is 5.91 Å². The van der Waals surface area contributed by atoms with Crippen molar-refractivity contribution >= 4 is 5.91 Å². The molecule has 3 aliphatic rings. The van der Waals surface area contributed by atoms with E-state index >= 15 is 0 Å². The zero-order valence-corrected chi connectivity index (χ0v) is 11.5. The number of ether oxygens (including phenoxy) is 1. The third kappa shape index (κ3) is 2.90. The van der Waals surface area contributed by atoms with Crippen LogP contribution in [0.15, 0.2) is 23.8 Å². The van der Waals surface area contributed by atoms with E-state index in [1.807, 2.05) is 4.90 Å². The number of fused-ring (bicyclic) bond motifs is 1. The third-order valence-electron chi connectivity index (χ3n) is 4.22. The average molecular weight is 262 g/mol. The van der Waals surface area contributed by atoms with Gasteiger partial charge in [-0.25, -0.2) is 0 Å². The third-order valence-corrected chi connectivity index (χ3v) is 4.22. The minimum absolute atomic E-state index is 0.154. The first kappa shape index (κ1) is 12.9. The highest BCUT2D eigenvalue weighted by molar-refractivity contribution is 5.78. The van der Waals surface area contributed by atoms with Gasteiger partial charge in [-0.15, -0.1) is 0 Å². The van der Waals surface area contributed by atoms with Crippen molar-refractivity contribution in [1.29, 1.82) is 0 Å². The van der Waals surface area contributed by atoms with Gasteiger partial charge in [0.25, 0.3) is 0 Å². The van der Waals surface area contributed by atoms with Gasteiger partial charge in [0.15, 0.2) is 0 Å². The van der Waals surface area contributed by atoms with Crippen molar-refractivity contribution in [3.63, 3.8) is 0 Å². The van der Waals surface area contributed by atoms with Crippen molar-refractivity contribution in [3.05, 3.63) is 23.8 Å². The molecule has 104 valence electrons. The van der Waals surface area contributed by atoms with E-state index in [4.69, 9.17) is 4.74 Å². The van der Waals surface area contributed by atoms with E-state index < -0.39 is 0 Å². The van der Waals surface area contributed by atoms with Gasteiger partial charge in [0.05, 0.1) is 12.6 Å². The Labute approximate surface area is 114 Å². The number of allylic oxidation sites excluding steroid dienone is 2. The Morgan fingerprint density at radius 3 is 3.11 bits per heavy atom. The van der Waals surface area contributed by atoms with Crippen LogP contribution in [0.2, 0.25) is 0 Å². The number of carbonyl (C=O) groups excluding carboxylic acids is 1. The monoisotopic (exact) mass is 262 g/mol. The number of amides is 1. The molecule has 2 aliphatic heterocycles. The smallest absolute Gasteiger partial charge is 0.248 e. The van der Waals surface area contributed by atoms with Gasteiger partial charge in [-0.05, 0) is 17.9 Å².